The van der Waals surface area contributed by atoms with E-state index in [1.165, 1.54) is 32.1 Å². The lowest BCUT2D eigenvalue weighted by Crippen LogP contribution is -2.56. The van der Waals surface area contributed by atoms with E-state index >= 15 is 0 Å². The minimum absolute atomic E-state index is 0.188. The Bertz CT molecular complexity index is 310. The third-order valence-electron chi connectivity index (χ3n) is 5.23. The molecule has 20 heavy (non-hydrogen) atoms. The van der Waals surface area contributed by atoms with Gasteiger partial charge in [0, 0.05) is 18.1 Å². The Morgan fingerprint density at radius 3 is 2.45 bits per heavy atom. The minimum atomic E-state index is -0.708. The maximum Gasteiger partial charge on any atom is 0.317 e. The zero-order valence-electron chi connectivity index (χ0n) is 13.0. The number of nitrogens with zero attached hydrogens (tertiary/aromatic N) is 1. The summed E-state index contributed by atoms with van der Waals surface area (Å²) in [6.07, 6.45) is 9.04. The highest BCUT2D eigenvalue weighted by Gasteiger charge is 2.36. The van der Waals surface area contributed by atoms with Crippen LogP contribution in [-0.2, 0) is 4.79 Å². The lowest BCUT2D eigenvalue weighted by atomic mass is 9.83. The summed E-state index contributed by atoms with van der Waals surface area (Å²) in [5.74, 6) is 0.168. The molecule has 0 bridgehead atoms. The molecule has 1 atom stereocenters. The summed E-state index contributed by atoms with van der Waals surface area (Å²) in [4.78, 5) is 12.9. The van der Waals surface area contributed by atoms with E-state index in [9.17, 15) is 4.79 Å². The van der Waals surface area contributed by atoms with Gasteiger partial charge in [0.25, 0.3) is 0 Å². The molecule has 0 aromatic rings. The molecule has 116 valence electrons. The normalized spacial score (nSPS) is 28.6. The van der Waals surface area contributed by atoms with E-state index in [2.05, 4.69) is 24.1 Å². The molecule has 4 nitrogen and oxygen atoms in total. The number of nitrogens with one attached hydrogen (secondary N) is 1. The highest BCUT2D eigenvalue weighted by atomic mass is 16.4. The van der Waals surface area contributed by atoms with Crippen molar-refractivity contribution in [3.8, 4) is 0 Å². The van der Waals surface area contributed by atoms with Gasteiger partial charge >= 0.3 is 5.97 Å². The number of likely N-dealkylation sites (N-methyl/N-ethyl adjacent to an activating group) is 1. The summed E-state index contributed by atoms with van der Waals surface area (Å²) in [5.41, 5.74) is 0. The zero-order chi connectivity index (χ0) is 14.5. The smallest absolute Gasteiger partial charge is 0.317 e. The maximum atomic E-state index is 10.8. The number of carbonyl (C=O) groups is 1. The van der Waals surface area contributed by atoms with Gasteiger partial charge in [0.2, 0.25) is 0 Å². The van der Waals surface area contributed by atoms with Gasteiger partial charge in [0.15, 0.2) is 0 Å². The Kier molecular flexibility index (Phi) is 5.85. The molecule has 2 aliphatic rings. The molecular weight excluding hydrogens is 252 g/mol. The standard InChI is InChI=1S/C16H30N2O2/c1-3-15(12-7-5-6-8-12)17-13-9-14(10-13)18(4-2)11-16(19)20/h12-15,17H,3-11H2,1-2H3,(H,19,20). The van der Waals surface area contributed by atoms with Gasteiger partial charge in [-0.1, -0.05) is 26.7 Å². The van der Waals surface area contributed by atoms with Crippen LogP contribution in [0.5, 0.6) is 0 Å². The van der Waals surface area contributed by atoms with Gasteiger partial charge in [0.1, 0.15) is 0 Å². The van der Waals surface area contributed by atoms with Crippen molar-refractivity contribution in [2.75, 3.05) is 13.1 Å². The van der Waals surface area contributed by atoms with E-state index in [1.807, 2.05) is 0 Å². The van der Waals surface area contributed by atoms with Gasteiger partial charge in [-0.25, -0.2) is 0 Å². The van der Waals surface area contributed by atoms with Crippen LogP contribution in [0.4, 0.5) is 0 Å². The molecule has 2 saturated carbocycles. The van der Waals surface area contributed by atoms with Gasteiger partial charge in [-0.3, -0.25) is 9.69 Å². The first-order chi connectivity index (χ1) is 9.63. The molecule has 0 radical (unpaired) electrons. The van der Waals surface area contributed by atoms with Crippen molar-refractivity contribution in [3.63, 3.8) is 0 Å². The van der Waals surface area contributed by atoms with Crippen LogP contribution in [0, 0.1) is 5.92 Å². The van der Waals surface area contributed by atoms with E-state index in [4.69, 9.17) is 5.11 Å². The van der Waals surface area contributed by atoms with Crippen molar-refractivity contribution >= 4 is 5.97 Å². The van der Waals surface area contributed by atoms with E-state index in [-0.39, 0.29) is 6.54 Å². The van der Waals surface area contributed by atoms with Gasteiger partial charge in [0.05, 0.1) is 6.54 Å². The molecule has 1 unspecified atom stereocenters. The molecule has 0 heterocycles. The molecule has 0 aliphatic heterocycles. The van der Waals surface area contributed by atoms with Crippen molar-refractivity contribution in [2.45, 2.75) is 76.9 Å². The molecule has 2 N–H and O–H groups in total. The second-order valence-electron chi connectivity index (χ2n) is 6.50. The Labute approximate surface area is 122 Å². The van der Waals surface area contributed by atoms with Crippen molar-refractivity contribution in [2.24, 2.45) is 5.92 Å². The predicted octanol–water partition coefficient (Wildman–Crippen LogP) is 2.48. The van der Waals surface area contributed by atoms with Crippen LogP contribution in [0.2, 0.25) is 0 Å². The predicted molar refractivity (Wildman–Crippen MR) is 80.9 cm³/mol. The first kappa shape index (κ1) is 15.8. The molecule has 4 heteroatoms. The second kappa shape index (κ2) is 7.41. The molecule has 0 spiro atoms. The highest BCUT2D eigenvalue weighted by molar-refractivity contribution is 5.69. The molecular formula is C16H30N2O2. The van der Waals surface area contributed by atoms with Crippen LogP contribution in [-0.4, -0.2) is 47.2 Å². The Morgan fingerprint density at radius 1 is 1.30 bits per heavy atom. The third kappa shape index (κ3) is 3.95. The molecule has 2 aliphatic carbocycles. The summed E-state index contributed by atoms with van der Waals surface area (Å²) < 4.78 is 0. The summed E-state index contributed by atoms with van der Waals surface area (Å²) in [6, 6.07) is 1.75. The van der Waals surface area contributed by atoms with E-state index < -0.39 is 5.97 Å². The zero-order valence-corrected chi connectivity index (χ0v) is 13.0. The van der Waals surface area contributed by atoms with Gasteiger partial charge < -0.3 is 10.4 Å². The fourth-order valence-corrected chi connectivity index (χ4v) is 3.94. The number of hydrogen-bond donors (Lipinski definition) is 2. The highest BCUT2D eigenvalue weighted by Crippen LogP contribution is 2.32. The second-order valence-corrected chi connectivity index (χ2v) is 6.50. The summed E-state index contributed by atoms with van der Waals surface area (Å²) in [5, 5.41) is 12.8. The number of carboxylic acids is 1. The first-order valence-electron chi connectivity index (χ1n) is 8.35. The summed E-state index contributed by atoms with van der Waals surface area (Å²) >= 11 is 0. The summed E-state index contributed by atoms with van der Waals surface area (Å²) in [6.45, 7) is 5.36. The van der Waals surface area contributed by atoms with Crippen molar-refractivity contribution in [1.29, 1.82) is 0 Å². The van der Waals surface area contributed by atoms with Crippen LogP contribution in [0.3, 0.4) is 0 Å². The van der Waals surface area contributed by atoms with E-state index in [0.717, 1.165) is 25.3 Å². The largest absolute Gasteiger partial charge is 0.480 e. The van der Waals surface area contributed by atoms with Crippen LogP contribution in [0.1, 0.15) is 58.8 Å². The molecule has 0 aromatic carbocycles. The van der Waals surface area contributed by atoms with Crippen LogP contribution < -0.4 is 5.32 Å². The maximum absolute atomic E-state index is 10.8. The molecule has 2 rings (SSSR count). The van der Waals surface area contributed by atoms with Gasteiger partial charge in [-0.05, 0) is 44.6 Å². The molecule has 0 amide bonds. The number of hydrogen-bond acceptors (Lipinski definition) is 3. The fourth-order valence-electron chi connectivity index (χ4n) is 3.94. The monoisotopic (exact) mass is 282 g/mol. The Morgan fingerprint density at radius 2 is 1.95 bits per heavy atom. The Balaban J connectivity index is 1.73. The van der Waals surface area contributed by atoms with E-state index in [1.54, 1.807) is 0 Å². The molecule has 0 aromatic heterocycles. The lowest BCUT2D eigenvalue weighted by molar-refractivity contribution is -0.139. The lowest BCUT2D eigenvalue weighted by Gasteiger charge is -2.44. The topological polar surface area (TPSA) is 52.6 Å². The average molecular weight is 282 g/mol. The van der Waals surface area contributed by atoms with Crippen LogP contribution in [0.15, 0.2) is 0 Å². The van der Waals surface area contributed by atoms with Crippen molar-refractivity contribution in [1.82, 2.24) is 10.2 Å². The van der Waals surface area contributed by atoms with Crippen LogP contribution in [0.25, 0.3) is 0 Å². The number of rotatable bonds is 8. The molecule has 0 saturated heterocycles. The third-order valence-corrected chi connectivity index (χ3v) is 5.23. The van der Waals surface area contributed by atoms with Crippen LogP contribution >= 0.6 is 0 Å². The first-order valence-corrected chi connectivity index (χ1v) is 8.35. The Hall–Kier alpha value is -0.610. The molecule has 2 fully saturated rings. The quantitative estimate of drug-likeness (QED) is 0.718. The van der Waals surface area contributed by atoms with Gasteiger partial charge in [-0.15, -0.1) is 0 Å². The van der Waals surface area contributed by atoms with E-state index in [0.29, 0.717) is 18.1 Å². The SMILES string of the molecule is CCC(NC1CC(N(CC)CC(=O)O)C1)C1CCCC1. The summed E-state index contributed by atoms with van der Waals surface area (Å²) in [7, 11) is 0. The minimum Gasteiger partial charge on any atom is -0.480 e. The van der Waals surface area contributed by atoms with Crippen molar-refractivity contribution < 1.29 is 9.90 Å². The van der Waals surface area contributed by atoms with Gasteiger partial charge in [-0.2, -0.15) is 0 Å². The number of carboxylic acid groups (broad SMARTS) is 1. The van der Waals surface area contributed by atoms with Crippen molar-refractivity contribution in [3.05, 3.63) is 0 Å². The number of aliphatic carboxylic acids is 1. The fraction of sp³-hybridized carbons (Fsp3) is 0.938. The average Bonchev–Trinajstić information content (AvgIpc) is 2.89.